The second-order valence-electron chi connectivity index (χ2n) is 12.0. The average Bonchev–Trinajstić information content (AvgIpc) is 3.42. The number of hydrogen-bond acceptors (Lipinski definition) is 5. The van der Waals surface area contributed by atoms with Crippen molar-refractivity contribution < 1.29 is 4.79 Å². The van der Waals surface area contributed by atoms with Crippen LogP contribution in [-0.4, -0.2) is 56.6 Å². The van der Waals surface area contributed by atoms with Crippen LogP contribution in [0.4, 0.5) is 5.95 Å². The predicted molar refractivity (Wildman–Crippen MR) is 155 cm³/mol. The molecule has 0 radical (unpaired) electrons. The summed E-state index contributed by atoms with van der Waals surface area (Å²) >= 11 is 0. The fourth-order valence-corrected chi connectivity index (χ4v) is 5.90. The lowest BCUT2D eigenvalue weighted by molar-refractivity contribution is 0.0746. The van der Waals surface area contributed by atoms with Crippen molar-refractivity contribution in [2.45, 2.75) is 64.2 Å². The fourth-order valence-electron chi connectivity index (χ4n) is 5.90. The predicted octanol–water partition coefficient (Wildman–Crippen LogP) is 6.10. The van der Waals surface area contributed by atoms with Gasteiger partial charge >= 0.3 is 0 Å². The number of aromatic nitrogens is 4. The Morgan fingerprint density at radius 2 is 1.54 bits per heavy atom. The molecule has 1 aliphatic carbocycles. The molecule has 0 spiro atoms. The van der Waals surface area contributed by atoms with E-state index < -0.39 is 0 Å². The third-order valence-electron chi connectivity index (χ3n) is 8.36. The highest BCUT2D eigenvalue weighted by Crippen LogP contribution is 2.33. The highest BCUT2D eigenvalue weighted by molar-refractivity contribution is 5.94. The van der Waals surface area contributed by atoms with Crippen LogP contribution in [0, 0.1) is 0 Å². The second kappa shape index (κ2) is 10.4. The zero-order valence-electron chi connectivity index (χ0n) is 23.3. The van der Waals surface area contributed by atoms with Crippen LogP contribution >= 0.6 is 0 Å². The van der Waals surface area contributed by atoms with Crippen LogP contribution in [0.15, 0.2) is 60.8 Å². The Morgan fingerprint density at radius 3 is 2.21 bits per heavy atom. The molecular weight excluding hydrogens is 484 g/mol. The third kappa shape index (κ3) is 5.27. The number of hydrogen-bond donors (Lipinski definition) is 0. The molecule has 1 amide bonds. The Balaban J connectivity index is 1.14. The maximum atomic E-state index is 13.1. The summed E-state index contributed by atoms with van der Waals surface area (Å²) in [4.78, 5) is 26.4. The molecule has 2 aromatic carbocycles. The van der Waals surface area contributed by atoms with E-state index in [1.807, 2.05) is 27.6 Å². The maximum Gasteiger partial charge on any atom is 0.254 e. The number of carbonyl (C=O) groups is 1. The van der Waals surface area contributed by atoms with Crippen molar-refractivity contribution in [2.24, 2.45) is 0 Å². The van der Waals surface area contributed by atoms with Crippen molar-refractivity contribution >= 4 is 17.6 Å². The first-order valence-corrected chi connectivity index (χ1v) is 14.3. The zero-order chi connectivity index (χ0) is 27.0. The summed E-state index contributed by atoms with van der Waals surface area (Å²) in [5, 5.41) is 4.85. The molecule has 0 atom stereocenters. The van der Waals surface area contributed by atoms with E-state index >= 15 is 0 Å². The van der Waals surface area contributed by atoms with Crippen LogP contribution in [0.5, 0.6) is 0 Å². The van der Waals surface area contributed by atoms with Crippen LogP contribution in [0.25, 0.3) is 17.0 Å². The third-order valence-corrected chi connectivity index (χ3v) is 8.36. The first-order chi connectivity index (χ1) is 18.9. The van der Waals surface area contributed by atoms with E-state index in [4.69, 9.17) is 10.1 Å². The Kier molecular flexibility index (Phi) is 6.83. The Hall–Kier alpha value is -3.74. The summed E-state index contributed by atoms with van der Waals surface area (Å²) in [5.41, 5.74) is 5.59. The minimum atomic E-state index is 0.0708. The molecule has 0 bridgehead atoms. The topological polar surface area (TPSA) is 66.6 Å². The van der Waals surface area contributed by atoms with E-state index in [1.54, 1.807) is 6.20 Å². The van der Waals surface area contributed by atoms with Gasteiger partial charge in [0.2, 0.25) is 5.95 Å². The molecule has 1 saturated carbocycles. The number of carbonyl (C=O) groups excluding carboxylic acids is 1. The van der Waals surface area contributed by atoms with Gasteiger partial charge in [0, 0.05) is 43.5 Å². The molecule has 7 nitrogen and oxygen atoms in total. The summed E-state index contributed by atoms with van der Waals surface area (Å²) in [7, 11) is 0. The second-order valence-corrected chi connectivity index (χ2v) is 12.0. The molecule has 202 valence electrons. The molecule has 39 heavy (non-hydrogen) atoms. The summed E-state index contributed by atoms with van der Waals surface area (Å²) in [6.07, 6.45) is 8.45. The SMILES string of the molecule is CC(C)(C)c1ccc(C(=O)N2CCN(c3nc4nccc(-c5ccc(C6CCCCC6)cc5)n4n3)CC2)cc1. The van der Waals surface area contributed by atoms with Crippen molar-refractivity contribution in [3.8, 4) is 11.3 Å². The number of fused-ring (bicyclic) bond motifs is 1. The minimum Gasteiger partial charge on any atom is -0.336 e. The number of amides is 1. The number of piperazine rings is 1. The van der Waals surface area contributed by atoms with Crippen molar-refractivity contribution in [1.29, 1.82) is 0 Å². The first kappa shape index (κ1) is 25.5. The Labute approximate surface area is 230 Å². The summed E-state index contributed by atoms with van der Waals surface area (Å²) in [6, 6.07) is 19.0. The highest BCUT2D eigenvalue weighted by atomic mass is 16.2. The maximum absolute atomic E-state index is 13.1. The lowest BCUT2D eigenvalue weighted by Crippen LogP contribution is -2.49. The van der Waals surface area contributed by atoms with E-state index in [0.29, 0.717) is 43.8 Å². The van der Waals surface area contributed by atoms with Crippen LogP contribution < -0.4 is 4.90 Å². The van der Waals surface area contributed by atoms with E-state index in [2.05, 4.69) is 67.1 Å². The molecule has 0 N–H and O–H groups in total. The molecule has 4 aromatic rings. The molecule has 2 fully saturated rings. The standard InChI is InChI=1S/C32H38N6O/c1-32(2,3)27-15-13-26(14-16-27)29(39)36-19-21-37(22-20-36)31-34-30-33-18-17-28(38(30)35-31)25-11-9-24(10-12-25)23-7-5-4-6-8-23/h9-18,23H,4-8,19-22H2,1-3H3. The lowest BCUT2D eigenvalue weighted by atomic mass is 9.84. The number of rotatable bonds is 4. The largest absolute Gasteiger partial charge is 0.336 e. The van der Waals surface area contributed by atoms with E-state index in [0.717, 1.165) is 16.8 Å². The van der Waals surface area contributed by atoms with Gasteiger partial charge in [-0.25, -0.2) is 4.98 Å². The quantitative estimate of drug-likeness (QED) is 0.324. The molecule has 1 aliphatic heterocycles. The fraction of sp³-hybridized carbons (Fsp3) is 0.438. The van der Waals surface area contributed by atoms with Crippen LogP contribution in [0.3, 0.4) is 0 Å². The summed E-state index contributed by atoms with van der Waals surface area (Å²) in [5.74, 6) is 2.03. The highest BCUT2D eigenvalue weighted by Gasteiger charge is 2.25. The van der Waals surface area contributed by atoms with E-state index in [9.17, 15) is 4.79 Å². The van der Waals surface area contributed by atoms with Crippen molar-refractivity contribution in [1.82, 2.24) is 24.5 Å². The van der Waals surface area contributed by atoms with Gasteiger partial charge in [-0.05, 0) is 53.5 Å². The van der Waals surface area contributed by atoms with E-state index in [-0.39, 0.29) is 11.3 Å². The monoisotopic (exact) mass is 522 g/mol. The van der Waals surface area contributed by atoms with Crippen LogP contribution in [0.1, 0.15) is 80.3 Å². The van der Waals surface area contributed by atoms with Gasteiger partial charge in [0.15, 0.2) is 0 Å². The molecule has 2 aromatic heterocycles. The number of anilines is 1. The van der Waals surface area contributed by atoms with Gasteiger partial charge in [-0.3, -0.25) is 4.79 Å². The first-order valence-electron chi connectivity index (χ1n) is 14.3. The molecular formula is C32H38N6O. The molecule has 1 saturated heterocycles. The normalized spacial score (nSPS) is 17.1. The van der Waals surface area contributed by atoms with E-state index in [1.165, 1.54) is 43.2 Å². The Bertz CT molecular complexity index is 1440. The van der Waals surface area contributed by atoms with Gasteiger partial charge in [-0.15, -0.1) is 5.10 Å². The lowest BCUT2D eigenvalue weighted by Gasteiger charge is -2.34. The van der Waals surface area contributed by atoms with Crippen molar-refractivity contribution in [3.05, 3.63) is 77.5 Å². The van der Waals surface area contributed by atoms with Gasteiger partial charge in [-0.2, -0.15) is 9.50 Å². The van der Waals surface area contributed by atoms with Gasteiger partial charge in [0.1, 0.15) is 0 Å². The molecule has 0 unspecified atom stereocenters. The molecule has 6 rings (SSSR count). The van der Waals surface area contributed by atoms with Crippen LogP contribution in [-0.2, 0) is 5.41 Å². The zero-order valence-corrected chi connectivity index (χ0v) is 23.3. The number of benzene rings is 2. The smallest absolute Gasteiger partial charge is 0.254 e. The minimum absolute atomic E-state index is 0.0708. The van der Waals surface area contributed by atoms with Gasteiger partial charge in [-0.1, -0.05) is 76.4 Å². The van der Waals surface area contributed by atoms with Crippen molar-refractivity contribution in [2.75, 3.05) is 31.1 Å². The summed E-state index contributed by atoms with van der Waals surface area (Å²) < 4.78 is 1.85. The van der Waals surface area contributed by atoms with Crippen LogP contribution in [0.2, 0.25) is 0 Å². The molecule has 7 heteroatoms. The average molecular weight is 523 g/mol. The molecule has 2 aliphatic rings. The number of nitrogens with zero attached hydrogens (tertiary/aromatic N) is 6. The molecule has 3 heterocycles. The van der Waals surface area contributed by atoms with Gasteiger partial charge in [0.05, 0.1) is 5.69 Å². The summed E-state index contributed by atoms with van der Waals surface area (Å²) in [6.45, 7) is 9.20. The van der Waals surface area contributed by atoms with Gasteiger partial charge < -0.3 is 9.80 Å². The van der Waals surface area contributed by atoms with Gasteiger partial charge in [0.25, 0.3) is 11.7 Å². The van der Waals surface area contributed by atoms with Crippen molar-refractivity contribution in [3.63, 3.8) is 0 Å². The Morgan fingerprint density at radius 1 is 0.846 bits per heavy atom.